The smallest absolute Gasteiger partial charge is 0.308 e. The highest BCUT2D eigenvalue weighted by atomic mass is 16.6. The Balaban J connectivity index is 2.40. The van der Waals surface area contributed by atoms with E-state index in [9.17, 15) is 20.0 Å². The first-order valence-electron chi connectivity index (χ1n) is 6.62. The summed E-state index contributed by atoms with van der Waals surface area (Å²) in [5.41, 5.74) is 1.40. The molecule has 1 aliphatic heterocycles. The second-order valence-corrected chi connectivity index (χ2v) is 5.48. The van der Waals surface area contributed by atoms with Crippen LogP contribution in [0.25, 0.3) is 0 Å². The van der Waals surface area contributed by atoms with Crippen LogP contribution in [0.2, 0.25) is 0 Å². The number of para-hydroxylation sites is 1. The summed E-state index contributed by atoms with van der Waals surface area (Å²) in [4.78, 5) is 23.8. The summed E-state index contributed by atoms with van der Waals surface area (Å²) >= 11 is 0. The van der Waals surface area contributed by atoms with Gasteiger partial charge in [0.05, 0.1) is 10.8 Å². The molecule has 0 aliphatic carbocycles. The second kappa shape index (κ2) is 5.48. The van der Waals surface area contributed by atoms with E-state index in [1.54, 1.807) is 6.07 Å². The van der Waals surface area contributed by atoms with Gasteiger partial charge in [0.15, 0.2) is 0 Å². The third kappa shape index (κ3) is 2.74. The molecule has 20 heavy (non-hydrogen) atoms. The van der Waals surface area contributed by atoms with Gasteiger partial charge in [-0.25, -0.2) is 0 Å². The van der Waals surface area contributed by atoms with Crippen LogP contribution in [0.15, 0.2) is 18.2 Å². The molecule has 6 heteroatoms. The Morgan fingerprint density at radius 3 is 2.75 bits per heavy atom. The molecular weight excluding hydrogens is 260 g/mol. The highest BCUT2D eigenvalue weighted by molar-refractivity contribution is 5.73. The SMILES string of the molecule is Cc1cccc([N+](=O)[O-])c1N1CC(C)CC(C(=O)O)C1. The molecule has 108 valence electrons. The lowest BCUT2D eigenvalue weighted by atomic mass is 9.89. The lowest BCUT2D eigenvalue weighted by Gasteiger charge is -2.36. The molecule has 0 amide bonds. The van der Waals surface area contributed by atoms with Crippen molar-refractivity contribution < 1.29 is 14.8 Å². The Hall–Kier alpha value is -2.11. The van der Waals surface area contributed by atoms with Gasteiger partial charge in [-0.3, -0.25) is 14.9 Å². The fourth-order valence-corrected chi connectivity index (χ4v) is 2.92. The minimum atomic E-state index is -0.835. The first kappa shape index (κ1) is 14.3. The molecule has 0 spiro atoms. The van der Waals surface area contributed by atoms with Crippen LogP contribution in [0.3, 0.4) is 0 Å². The lowest BCUT2D eigenvalue weighted by molar-refractivity contribution is -0.384. The van der Waals surface area contributed by atoms with Crippen molar-refractivity contribution in [1.82, 2.24) is 0 Å². The number of carboxylic acid groups (broad SMARTS) is 1. The number of anilines is 1. The van der Waals surface area contributed by atoms with Gasteiger partial charge in [-0.05, 0) is 24.8 Å². The second-order valence-electron chi connectivity index (χ2n) is 5.48. The topological polar surface area (TPSA) is 83.7 Å². The number of aryl methyl sites for hydroxylation is 1. The summed E-state index contributed by atoms with van der Waals surface area (Å²) in [5.74, 6) is -1.11. The normalized spacial score (nSPS) is 22.6. The van der Waals surface area contributed by atoms with E-state index in [-0.39, 0.29) is 11.6 Å². The van der Waals surface area contributed by atoms with Crippen molar-refractivity contribution in [2.24, 2.45) is 11.8 Å². The minimum Gasteiger partial charge on any atom is -0.481 e. The summed E-state index contributed by atoms with van der Waals surface area (Å²) in [6.45, 7) is 4.77. The van der Waals surface area contributed by atoms with Gasteiger partial charge in [-0.1, -0.05) is 19.1 Å². The Morgan fingerprint density at radius 2 is 2.15 bits per heavy atom. The number of piperidine rings is 1. The molecule has 0 bridgehead atoms. The molecule has 2 atom stereocenters. The van der Waals surface area contributed by atoms with Crippen LogP contribution in [0.5, 0.6) is 0 Å². The van der Waals surface area contributed by atoms with Gasteiger partial charge in [-0.15, -0.1) is 0 Å². The van der Waals surface area contributed by atoms with E-state index in [4.69, 9.17) is 0 Å². The number of nitro benzene ring substituents is 1. The van der Waals surface area contributed by atoms with Crippen LogP contribution < -0.4 is 4.90 Å². The number of benzene rings is 1. The number of aliphatic carboxylic acids is 1. The average molecular weight is 278 g/mol. The standard InChI is InChI=1S/C14H18N2O4/c1-9-6-11(14(17)18)8-15(7-9)13-10(2)4-3-5-12(13)16(19)20/h3-5,9,11H,6-8H2,1-2H3,(H,17,18). The van der Waals surface area contributed by atoms with E-state index >= 15 is 0 Å². The molecule has 1 aliphatic rings. The molecule has 2 rings (SSSR count). The quantitative estimate of drug-likeness (QED) is 0.678. The Morgan fingerprint density at radius 1 is 1.45 bits per heavy atom. The predicted molar refractivity (Wildman–Crippen MR) is 75.0 cm³/mol. The first-order valence-corrected chi connectivity index (χ1v) is 6.62. The molecule has 1 aromatic carbocycles. The highest BCUT2D eigenvalue weighted by Crippen LogP contribution is 2.35. The van der Waals surface area contributed by atoms with Crippen LogP contribution in [0.1, 0.15) is 18.9 Å². The van der Waals surface area contributed by atoms with E-state index < -0.39 is 16.8 Å². The van der Waals surface area contributed by atoms with Crippen LogP contribution in [0.4, 0.5) is 11.4 Å². The van der Waals surface area contributed by atoms with Crippen molar-refractivity contribution in [3.05, 3.63) is 33.9 Å². The van der Waals surface area contributed by atoms with Crippen molar-refractivity contribution in [2.75, 3.05) is 18.0 Å². The molecule has 6 nitrogen and oxygen atoms in total. The molecule has 1 N–H and O–H groups in total. The fourth-order valence-electron chi connectivity index (χ4n) is 2.92. The molecule has 0 radical (unpaired) electrons. The lowest BCUT2D eigenvalue weighted by Crippen LogP contribution is -2.43. The summed E-state index contributed by atoms with van der Waals surface area (Å²) in [7, 11) is 0. The number of hydrogen-bond acceptors (Lipinski definition) is 4. The fraction of sp³-hybridized carbons (Fsp3) is 0.500. The van der Waals surface area contributed by atoms with Crippen molar-refractivity contribution in [3.8, 4) is 0 Å². The zero-order valence-electron chi connectivity index (χ0n) is 11.6. The van der Waals surface area contributed by atoms with Gasteiger partial charge in [0.2, 0.25) is 0 Å². The van der Waals surface area contributed by atoms with Gasteiger partial charge < -0.3 is 10.0 Å². The van der Waals surface area contributed by atoms with E-state index in [0.717, 1.165) is 5.56 Å². The highest BCUT2D eigenvalue weighted by Gasteiger charge is 2.32. The predicted octanol–water partition coefficient (Wildman–Crippen LogP) is 2.45. The monoisotopic (exact) mass is 278 g/mol. The number of rotatable bonds is 3. The molecule has 1 heterocycles. The van der Waals surface area contributed by atoms with Crippen LogP contribution in [-0.4, -0.2) is 29.1 Å². The van der Waals surface area contributed by atoms with Crippen LogP contribution in [0, 0.1) is 28.9 Å². The first-order chi connectivity index (χ1) is 9.40. The van der Waals surface area contributed by atoms with Crippen molar-refractivity contribution in [2.45, 2.75) is 20.3 Å². The van der Waals surface area contributed by atoms with Gasteiger partial charge in [0.25, 0.3) is 5.69 Å². The maximum atomic E-state index is 11.2. The minimum absolute atomic E-state index is 0.0447. The van der Waals surface area contributed by atoms with E-state index in [2.05, 4.69) is 0 Å². The maximum Gasteiger partial charge on any atom is 0.308 e. The zero-order chi connectivity index (χ0) is 14.9. The number of nitro groups is 1. The maximum absolute atomic E-state index is 11.2. The number of hydrogen-bond donors (Lipinski definition) is 1. The summed E-state index contributed by atoms with van der Waals surface area (Å²) in [6, 6.07) is 4.94. The molecule has 0 saturated carbocycles. The van der Waals surface area contributed by atoms with E-state index in [1.807, 2.05) is 24.8 Å². The third-order valence-corrected chi connectivity index (χ3v) is 3.74. The van der Waals surface area contributed by atoms with Crippen molar-refractivity contribution in [3.63, 3.8) is 0 Å². The van der Waals surface area contributed by atoms with Gasteiger partial charge in [-0.2, -0.15) is 0 Å². The average Bonchev–Trinajstić information content (AvgIpc) is 2.37. The molecule has 1 saturated heterocycles. The van der Waals surface area contributed by atoms with Gasteiger partial charge in [0, 0.05) is 19.2 Å². The Bertz CT molecular complexity index is 544. The largest absolute Gasteiger partial charge is 0.481 e. The molecule has 1 aromatic rings. The summed E-state index contributed by atoms with van der Waals surface area (Å²) < 4.78 is 0. The van der Waals surface area contributed by atoms with Gasteiger partial charge in [0.1, 0.15) is 5.69 Å². The van der Waals surface area contributed by atoms with E-state index in [0.29, 0.717) is 25.2 Å². The Labute approximate surface area is 117 Å². The van der Waals surface area contributed by atoms with Crippen LogP contribution in [-0.2, 0) is 4.79 Å². The summed E-state index contributed by atoms with van der Waals surface area (Å²) in [5, 5.41) is 20.4. The Kier molecular flexibility index (Phi) is 3.92. The summed E-state index contributed by atoms with van der Waals surface area (Å²) in [6.07, 6.45) is 0.617. The number of nitrogens with zero attached hydrogens (tertiary/aromatic N) is 2. The molecule has 0 aromatic heterocycles. The third-order valence-electron chi connectivity index (χ3n) is 3.74. The molecule has 1 fully saturated rings. The molecular formula is C14H18N2O4. The van der Waals surface area contributed by atoms with E-state index in [1.165, 1.54) is 6.07 Å². The zero-order valence-corrected chi connectivity index (χ0v) is 11.6. The van der Waals surface area contributed by atoms with Crippen LogP contribution >= 0.6 is 0 Å². The number of carbonyl (C=O) groups is 1. The van der Waals surface area contributed by atoms with Crippen molar-refractivity contribution >= 4 is 17.3 Å². The van der Waals surface area contributed by atoms with Crippen molar-refractivity contribution in [1.29, 1.82) is 0 Å². The number of carboxylic acids is 1. The van der Waals surface area contributed by atoms with Gasteiger partial charge >= 0.3 is 5.97 Å². The molecule has 2 unspecified atom stereocenters.